The summed E-state index contributed by atoms with van der Waals surface area (Å²) >= 11 is 2.09. The molecule has 2 aliphatic heterocycles. The summed E-state index contributed by atoms with van der Waals surface area (Å²) in [6.07, 6.45) is 1.43. The van der Waals surface area contributed by atoms with Gasteiger partial charge in [-0.2, -0.15) is 11.8 Å². The van der Waals surface area contributed by atoms with Gasteiger partial charge in [0.05, 0.1) is 0 Å². The van der Waals surface area contributed by atoms with Gasteiger partial charge < -0.3 is 5.32 Å². The van der Waals surface area contributed by atoms with Crippen molar-refractivity contribution in [2.75, 3.05) is 24.6 Å². The van der Waals surface area contributed by atoms with E-state index in [1.807, 2.05) is 13.8 Å². The molecule has 2 rings (SSSR count). The molecule has 2 saturated heterocycles. The van der Waals surface area contributed by atoms with Crippen LogP contribution in [0, 0.1) is 5.41 Å². The molecule has 0 aliphatic carbocycles. The van der Waals surface area contributed by atoms with Crippen LogP contribution in [0.4, 0.5) is 0 Å². The molecule has 0 bridgehead atoms. The second kappa shape index (κ2) is 3.63. The zero-order valence-corrected chi connectivity index (χ0v) is 7.76. The molecule has 1 spiro atoms. The van der Waals surface area contributed by atoms with Crippen molar-refractivity contribution in [2.24, 2.45) is 5.41 Å². The maximum Gasteiger partial charge on any atom is 0.00241 e. The first-order valence-electron chi connectivity index (χ1n) is 4.20. The average molecular weight is 159 g/mol. The Labute approximate surface area is 68.0 Å². The van der Waals surface area contributed by atoms with Crippen LogP contribution in [-0.2, 0) is 0 Å². The van der Waals surface area contributed by atoms with E-state index in [0.717, 1.165) is 5.41 Å². The van der Waals surface area contributed by atoms with E-state index in [9.17, 15) is 0 Å². The van der Waals surface area contributed by atoms with E-state index in [0.29, 0.717) is 0 Å². The predicted molar refractivity (Wildman–Crippen MR) is 48.6 cm³/mol. The molecule has 0 aromatic carbocycles. The van der Waals surface area contributed by atoms with Crippen LogP contribution in [0.25, 0.3) is 0 Å². The van der Waals surface area contributed by atoms with Gasteiger partial charge in [0.25, 0.3) is 0 Å². The summed E-state index contributed by atoms with van der Waals surface area (Å²) in [5.74, 6) is 2.83. The predicted octanol–water partition coefficient (Wildman–Crippen LogP) is 1.74. The van der Waals surface area contributed by atoms with Crippen LogP contribution in [0.2, 0.25) is 0 Å². The minimum atomic E-state index is 0.769. The van der Waals surface area contributed by atoms with Crippen LogP contribution in [0.1, 0.15) is 20.3 Å². The van der Waals surface area contributed by atoms with Crippen molar-refractivity contribution in [1.82, 2.24) is 5.32 Å². The molecule has 0 aromatic heterocycles. The maximum absolute atomic E-state index is 3.40. The minimum Gasteiger partial charge on any atom is -0.316 e. The van der Waals surface area contributed by atoms with Gasteiger partial charge in [0.1, 0.15) is 0 Å². The largest absolute Gasteiger partial charge is 0.316 e. The highest BCUT2D eigenvalue weighted by molar-refractivity contribution is 8.00. The van der Waals surface area contributed by atoms with Gasteiger partial charge in [-0.3, -0.25) is 0 Å². The molecule has 1 N–H and O–H groups in total. The van der Waals surface area contributed by atoms with E-state index in [4.69, 9.17) is 0 Å². The first-order valence-corrected chi connectivity index (χ1v) is 5.35. The van der Waals surface area contributed by atoms with Crippen molar-refractivity contribution in [3.8, 4) is 0 Å². The summed E-state index contributed by atoms with van der Waals surface area (Å²) in [7, 11) is 0. The fourth-order valence-electron chi connectivity index (χ4n) is 1.43. The monoisotopic (exact) mass is 159 g/mol. The van der Waals surface area contributed by atoms with Gasteiger partial charge in [0, 0.05) is 23.5 Å². The van der Waals surface area contributed by atoms with Gasteiger partial charge >= 0.3 is 0 Å². The normalized spacial score (nSPS) is 27.0. The SMILES string of the molecule is C1CC2(CN1)CSC2.CC. The molecule has 2 heteroatoms. The van der Waals surface area contributed by atoms with Crippen LogP contribution in [0.3, 0.4) is 0 Å². The zero-order valence-electron chi connectivity index (χ0n) is 6.94. The molecule has 2 fully saturated rings. The molecule has 2 heterocycles. The highest BCUT2D eigenvalue weighted by atomic mass is 32.2. The first kappa shape index (κ1) is 8.41. The molecule has 0 amide bonds. The minimum absolute atomic E-state index is 0.769. The molecule has 0 unspecified atom stereocenters. The van der Waals surface area contributed by atoms with E-state index in [-0.39, 0.29) is 0 Å². The third-order valence-electron chi connectivity index (χ3n) is 2.15. The van der Waals surface area contributed by atoms with Crippen molar-refractivity contribution in [1.29, 1.82) is 0 Å². The van der Waals surface area contributed by atoms with E-state index in [2.05, 4.69) is 17.1 Å². The van der Waals surface area contributed by atoms with E-state index in [1.54, 1.807) is 0 Å². The second-order valence-corrected chi connectivity index (χ2v) is 3.91. The number of rotatable bonds is 0. The van der Waals surface area contributed by atoms with Crippen LogP contribution in [-0.4, -0.2) is 24.6 Å². The number of nitrogens with one attached hydrogen (secondary N) is 1. The van der Waals surface area contributed by atoms with Gasteiger partial charge in [-0.25, -0.2) is 0 Å². The summed E-state index contributed by atoms with van der Waals surface area (Å²) in [5, 5.41) is 3.40. The molecule has 2 aliphatic rings. The number of thioether (sulfide) groups is 1. The lowest BCUT2D eigenvalue weighted by Gasteiger charge is -2.36. The van der Waals surface area contributed by atoms with Crippen LogP contribution < -0.4 is 5.32 Å². The number of hydrogen-bond acceptors (Lipinski definition) is 2. The van der Waals surface area contributed by atoms with Gasteiger partial charge in [0.15, 0.2) is 0 Å². The van der Waals surface area contributed by atoms with Crippen molar-refractivity contribution in [3.63, 3.8) is 0 Å². The fourth-order valence-corrected chi connectivity index (χ4v) is 2.71. The van der Waals surface area contributed by atoms with Crippen LogP contribution in [0.15, 0.2) is 0 Å². The standard InChI is InChI=1S/C6H11NS.C2H6/c1-2-7-3-6(1)4-8-5-6;1-2/h7H,1-5H2;1-2H3. The lowest BCUT2D eigenvalue weighted by atomic mass is 9.91. The summed E-state index contributed by atoms with van der Waals surface area (Å²) in [5.41, 5.74) is 0.769. The molecule has 0 radical (unpaired) electrons. The molecule has 0 saturated carbocycles. The fraction of sp³-hybridized carbons (Fsp3) is 1.00. The molecule has 10 heavy (non-hydrogen) atoms. The van der Waals surface area contributed by atoms with Crippen LogP contribution in [0.5, 0.6) is 0 Å². The maximum atomic E-state index is 3.40. The first-order chi connectivity index (χ1) is 4.91. The van der Waals surface area contributed by atoms with Gasteiger partial charge in [-0.05, 0) is 13.0 Å². The summed E-state index contributed by atoms with van der Waals surface area (Å²) in [6.45, 7) is 6.56. The van der Waals surface area contributed by atoms with Crippen molar-refractivity contribution < 1.29 is 0 Å². The Morgan fingerprint density at radius 3 is 2.20 bits per heavy atom. The lowest BCUT2D eigenvalue weighted by Crippen LogP contribution is -2.37. The smallest absolute Gasteiger partial charge is 0.00241 e. The summed E-state index contributed by atoms with van der Waals surface area (Å²) in [6, 6.07) is 0. The molecular formula is C8H17NS. The Hall–Kier alpha value is 0.310. The quantitative estimate of drug-likeness (QED) is 0.578. The van der Waals surface area contributed by atoms with Gasteiger partial charge in [-0.15, -0.1) is 0 Å². The molecule has 60 valence electrons. The van der Waals surface area contributed by atoms with E-state index in [1.165, 1.54) is 31.0 Å². The lowest BCUT2D eigenvalue weighted by molar-refractivity contribution is 0.407. The molecule has 0 atom stereocenters. The molecule has 0 aromatic rings. The zero-order chi connectivity index (χ0) is 7.45. The Morgan fingerprint density at radius 1 is 1.30 bits per heavy atom. The Morgan fingerprint density at radius 2 is 2.00 bits per heavy atom. The van der Waals surface area contributed by atoms with Crippen molar-refractivity contribution in [3.05, 3.63) is 0 Å². The molecular weight excluding hydrogens is 142 g/mol. The Bertz CT molecular complexity index is 91.4. The Balaban J connectivity index is 0.000000231. The highest BCUT2D eigenvalue weighted by Gasteiger charge is 2.39. The van der Waals surface area contributed by atoms with E-state index < -0.39 is 0 Å². The van der Waals surface area contributed by atoms with Crippen LogP contribution >= 0.6 is 11.8 Å². The van der Waals surface area contributed by atoms with E-state index >= 15 is 0 Å². The summed E-state index contributed by atoms with van der Waals surface area (Å²) in [4.78, 5) is 0. The molecule has 1 nitrogen and oxygen atoms in total. The topological polar surface area (TPSA) is 12.0 Å². The summed E-state index contributed by atoms with van der Waals surface area (Å²) < 4.78 is 0. The highest BCUT2D eigenvalue weighted by Crippen LogP contribution is 2.42. The average Bonchev–Trinajstić information content (AvgIpc) is 2.38. The van der Waals surface area contributed by atoms with Gasteiger partial charge in [0.2, 0.25) is 0 Å². The second-order valence-electron chi connectivity index (χ2n) is 2.92. The van der Waals surface area contributed by atoms with Crippen molar-refractivity contribution >= 4 is 11.8 Å². The van der Waals surface area contributed by atoms with Gasteiger partial charge in [-0.1, -0.05) is 13.8 Å². The third kappa shape index (κ3) is 1.48. The third-order valence-corrected chi connectivity index (χ3v) is 3.78. The number of hydrogen-bond donors (Lipinski definition) is 1. The Kier molecular flexibility index (Phi) is 3.05. The van der Waals surface area contributed by atoms with Crippen molar-refractivity contribution in [2.45, 2.75) is 20.3 Å².